The fourth-order valence-corrected chi connectivity index (χ4v) is 3.20. The number of aryl methyl sites for hydroxylation is 1. The lowest BCUT2D eigenvalue weighted by Crippen LogP contribution is -2.48. The largest absolute Gasteiger partial charge is 0.358 e. The summed E-state index contributed by atoms with van der Waals surface area (Å²) in [5, 5.41) is 5.67. The highest BCUT2D eigenvalue weighted by Gasteiger charge is 2.44. The van der Waals surface area contributed by atoms with E-state index in [-0.39, 0.29) is 11.8 Å². The van der Waals surface area contributed by atoms with E-state index in [1.54, 1.807) is 7.05 Å². The van der Waals surface area contributed by atoms with E-state index < -0.39 is 5.41 Å². The van der Waals surface area contributed by atoms with Gasteiger partial charge in [-0.2, -0.15) is 0 Å². The van der Waals surface area contributed by atoms with E-state index in [0.29, 0.717) is 5.56 Å². The Labute approximate surface area is 142 Å². The third-order valence-electron chi connectivity index (χ3n) is 4.88. The van der Waals surface area contributed by atoms with Crippen molar-refractivity contribution in [3.63, 3.8) is 0 Å². The van der Waals surface area contributed by atoms with Crippen LogP contribution in [0.1, 0.15) is 40.7 Å². The van der Waals surface area contributed by atoms with E-state index in [1.165, 1.54) is 0 Å². The van der Waals surface area contributed by atoms with Crippen molar-refractivity contribution in [3.05, 3.63) is 65.2 Å². The van der Waals surface area contributed by atoms with Crippen molar-refractivity contribution in [1.29, 1.82) is 0 Å². The summed E-state index contributed by atoms with van der Waals surface area (Å²) in [6, 6.07) is 15.1. The van der Waals surface area contributed by atoms with Crippen LogP contribution in [0, 0.1) is 6.92 Å². The molecule has 2 N–H and O–H groups in total. The van der Waals surface area contributed by atoms with Crippen LogP contribution in [0.5, 0.6) is 0 Å². The Morgan fingerprint density at radius 3 is 2.08 bits per heavy atom. The first kappa shape index (κ1) is 16.2. The van der Waals surface area contributed by atoms with Gasteiger partial charge in [0.05, 0.1) is 5.41 Å². The van der Waals surface area contributed by atoms with E-state index in [4.69, 9.17) is 0 Å². The van der Waals surface area contributed by atoms with Gasteiger partial charge in [0.2, 0.25) is 5.91 Å². The average Bonchev–Trinajstić information content (AvgIpc) is 2.55. The molecule has 0 atom stereocenters. The van der Waals surface area contributed by atoms with Crippen LogP contribution in [0.25, 0.3) is 0 Å². The molecule has 0 heterocycles. The fraction of sp³-hybridized carbons (Fsp3) is 0.300. The minimum Gasteiger partial charge on any atom is -0.358 e. The Kier molecular flexibility index (Phi) is 4.38. The van der Waals surface area contributed by atoms with Gasteiger partial charge in [-0.25, -0.2) is 0 Å². The molecule has 24 heavy (non-hydrogen) atoms. The molecule has 2 amide bonds. The number of carbonyl (C=O) groups excluding carboxylic acids is 2. The standard InChI is InChI=1S/C20H22N2O2/c1-14-4-6-15(7-5-14)18(23)22-17-10-8-16(9-11-17)20(12-3-13-20)19(24)21-2/h4-11H,3,12-13H2,1-2H3,(H,21,24)(H,22,23). The van der Waals surface area contributed by atoms with Gasteiger partial charge in [0.1, 0.15) is 0 Å². The van der Waals surface area contributed by atoms with Crippen LogP contribution >= 0.6 is 0 Å². The van der Waals surface area contributed by atoms with Gasteiger partial charge in [0.15, 0.2) is 0 Å². The molecule has 3 rings (SSSR count). The summed E-state index contributed by atoms with van der Waals surface area (Å²) in [5.74, 6) is -0.0578. The normalized spacial score (nSPS) is 15.2. The van der Waals surface area contributed by atoms with Crippen molar-refractivity contribution in [1.82, 2.24) is 5.32 Å². The number of likely N-dealkylation sites (N-methyl/N-ethyl adjacent to an activating group) is 1. The number of hydrogen-bond donors (Lipinski definition) is 2. The second-order valence-corrected chi connectivity index (χ2v) is 6.41. The maximum Gasteiger partial charge on any atom is 0.255 e. The van der Waals surface area contributed by atoms with Gasteiger partial charge in [-0.1, -0.05) is 36.2 Å². The molecule has 2 aromatic carbocycles. The maximum absolute atomic E-state index is 12.3. The molecule has 0 aromatic heterocycles. The Bertz CT molecular complexity index is 744. The summed E-state index contributed by atoms with van der Waals surface area (Å²) in [5.41, 5.74) is 3.10. The van der Waals surface area contributed by atoms with Crippen molar-refractivity contribution < 1.29 is 9.59 Å². The Hall–Kier alpha value is -2.62. The van der Waals surface area contributed by atoms with E-state index in [2.05, 4.69) is 10.6 Å². The van der Waals surface area contributed by atoms with Gasteiger partial charge in [0, 0.05) is 18.3 Å². The summed E-state index contributed by atoms with van der Waals surface area (Å²) >= 11 is 0. The van der Waals surface area contributed by atoms with Gasteiger partial charge < -0.3 is 10.6 Å². The summed E-state index contributed by atoms with van der Waals surface area (Å²) in [7, 11) is 1.68. The lowest BCUT2D eigenvalue weighted by Gasteiger charge is -2.40. The van der Waals surface area contributed by atoms with Crippen LogP contribution < -0.4 is 10.6 Å². The highest BCUT2D eigenvalue weighted by molar-refractivity contribution is 6.04. The second-order valence-electron chi connectivity index (χ2n) is 6.41. The molecular weight excluding hydrogens is 300 g/mol. The molecule has 1 saturated carbocycles. The lowest BCUT2D eigenvalue weighted by molar-refractivity contribution is -0.129. The van der Waals surface area contributed by atoms with Gasteiger partial charge >= 0.3 is 0 Å². The third-order valence-corrected chi connectivity index (χ3v) is 4.88. The number of rotatable bonds is 4. The first-order valence-corrected chi connectivity index (χ1v) is 8.26. The smallest absolute Gasteiger partial charge is 0.255 e. The topological polar surface area (TPSA) is 58.2 Å². The SMILES string of the molecule is CNC(=O)C1(c2ccc(NC(=O)c3ccc(C)cc3)cc2)CCC1. The summed E-state index contributed by atoms with van der Waals surface area (Å²) < 4.78 is 0. The lowest BCUT2D eigenvalue weighted by atomic mass is 9.64. The van der Waals surface area contributed by atoms with Crippen LogP contribution in [0.2, 0.25) is 0 Å². The van der Waals surface area contributed by atoms with Gasteiger partial charge in [-0.15, -0.1) is 0 Å². The zero-order valence-electron chi connectivity index (χ0n) is 14.1. The highest BCUT2D eigenvalue weighted by atomic mass is 16.2. The molecular formula is C20H22N2O2. The van der Waals surface area contributed by atoms with E-state index in [9.17, 15) is 9.59 Å². The molecule has 0 saturated heterocycles. The average molecular weight is 322 g/mol. The first-order chi connectivity index (χ1) is 11.5. The molecule has 1 aliphatic carbocycles. The van der Waals surface area contributed by atoms with Crippen molar-refractivity contribution >= 4 is 17.5 Å². The molecule has 1 aliphatic rings. The predicted molar refractivity (Wildman–Crippen MR) is 95.2 cm³/mol. The number of hydrogen-bond acceptors (Lipinski definition) is 2. The van der Waals surface area contributed by atoms with Gasteiger partial charge in [-0.3, -0.25) is 9.59 Å². The zero-order chi connectivity index (χ0) is 17.2. The van der Waals surface area contributed by atoms with E-state index >= 15 is 0 Å². The van der Waals surface area contributed by atoms with Crippen molar-refractivity contribution in [2.75, 3.05) is 12.4 Å². The molecule has 124 valence electrons. The van der Waals surface area contributed by atoms with Crippen LogP contribution in [-0.2, 0) is 10.2 Å². The molecule has 4 heteroatoms. The Morgan fingerprint density at radius 1 is 0.958 bits per heavy atom. The minimum absolute atomic E-state index is 0.0743. The molecule has 0 aliphatic heterocycles. The molecule has 2 aromatic rings. The van der Waals surface area contributed by atoms with Gasteiger partial charge in [0.25, 0.3) is 5.91 Å². The monoisotopic (exact) mass is 322 g/mol. The molecule has 0 radical (unpaired) electrons. The number of nitrogens with one attached hydrogen (secondary N) is 2. The van der Waals surface area contributed by atoms with Crippen LogP contribution in [-0.4, -0.2) is 18.9 Å². The summed E-state index contributed by atoms with van der Waals surface area (Å²) in [4.78, 5) is 24.5. The zero-order valence-corrected chi connectivity index (χ0v) is 14.1. The quantitative estimate of drug-likeness (QED) is 0.906. The summed E-state index contributed by atoms with van der Waals surface area (Å²) in [6.45, 7) is 1.99. The highest BCUT2D eigenvalue weighted by Crippen LogP contribution is 2.44. The molecule has 0 unspecified atom stereocenters. The van der Waals surface area contributed by atoms with Crippen molar-refractivity contribution in [3.8, 4) is 0 Å². The minimum atomic E-state index is -0.395. The molecule has 1 fully saturated rings. The van der Waals surface area contributed by atoms with E-state index in [0.717, 1.165) is 36.1 Å². The Morgan fingerprint density at radius 2 is 1.58 bits per heavy atom. The third kappa shape index (κ3) is 2.92. The number of carbonyl (C=O) groups is 2. The molecule has 0 bridgehead atoms. The van der Waals surface area contributed by atoms with Gasteiger partial charge in [-0.05, 0) is 49.6 Å². The number of benzene rings is 2. The van der Waals surface area contributed by atoms with Crippen LogP contribution in [0.15, 0.2) is 48.5 Å². The van der Waals surface area contributed by atoms with Crippen LogP contribution in [0.3, 0.4) is 0 Å². The maximum atomic E-state index is 12.3. The first-order valence-electron chi connectivity index (χ1n) is 8.26. The number of amides is 2. The Balaban J connectivity index is 1.74. The number of anilines is 1. The molecule has 4 nitrogen and oxygen atoms in total. The van der Waals surface area contributed by atoms with E-state index in [1.807, 2.05) is 55.5 Å². The summed E-state index contributed by atoms with van der Waals surface area (Å²) in [6.07, 6.45) is 2.82. The van der Waals surface area contributed by atoms with Crippen LogP contribution in [0.4, 0.5) is 5.69 Å². The van der Waals surface area contributed by atoms with Crippen molar-refractivity contribution in [2.45, 2.75) is 31.6 Å². The second kappa shape index (κ2) is 6.48. The van der Waals surface area contributed by atoms with Crippen molar-refractivity contribution in [2.24, 2.45) is 0 Å². The molecule has 0 spiro atoms. The fourth-order valence-electron chi connectivity index (χ4n) is 3.20. The predicted octanol–water partition coefficient (Wildman–Crippen LogP) is 3.42.